The summed E-state index contributed by atoms with van der Waals surface area (Å²) in [5, 5.41) is 13.4. The summed E-state index contributed by atoms with van der Waals surface area (Å²) in [4.78, 5) is 18.0. The normalized spacial score (nSPS) is 30.0. The average Bonchev–Trinajstić information content (AvgIpc) is 3.35. The molecule has 172 valence electrons. The summed E-state index contributed by atoms with van der Waals surface area (Å²) >= 11 is 15.8. The molecule has 3 aromatic rings. The van der Waals surface area contributed by atoms with Crippen LogP contribution < -0.4 is 5.32 Å². The number of anilines is 1. The molecule has 7 nitrogen and oxygen atoms in total. The Morgan fingerprint density at radius 2 is 1.85 bits per heavy atom. The van der Waals surface area contributed by atoms with Gasteiger partial charge >= 0.3 is 0 Å². The highest BCUT2D eigenvalue weighted by atomic mass is 79.9. The van der Waals surface area contributed by atoms with E-state index in [0.29, 0.717) is 39.0 Å². The number of rotatable bonds is 5. The molecule has 0 spiro atoms. The van der Waals surface area contributed by atoms with Gasteiger partial charge in [-0.3, -0.25) is 9.48 Å². The van der Waals surface area contributed by atoms with Crippen molar-refractivity contribution in [3.8, 4) is 0 Å². The number of aromatic nitrogens is 5. The van der Waals surface area contributed by atoms with Gasteiger partial charge in [-0.1, -0.05) is 35.3 Å². The maximum atomic E-state index is 13.7. The lowest BCUT2D eigenvalue weighted by Crippen LogP contribution is -2.60. The molecule has 0 saturated heterocycles. The maximum absolute atomic E-state index is 13.7. The Balaban J connectivity index is 1.24. The van der Waals surface area contributed by atoms with E-state index in [9.17, 15) is 4.79 Å². The number of carbonyl (C=O) groups is 1. The van der Waals surface area contributed by atoms with Crippen molar-refractivity contribution in [1.82, 2.24) is 24.5 Å². The molecule has 1 aromatic carbocycles. The number of nitrogens with one attached hydrogen (secondary N) is 1. The molecule has 7 rings (SSSR count). The van der Waals surface area contributed by atoms with Crippen LogP contribution in [0.5, 0.6) is 0 Å². The molecule has 4 fully saturated rings. The summed E-state index contributed by atoms with van der Waals surface area (Å²) in [5.41, 5.74) is 0.489. The number of hydrogen-bond acceptors (Lipinski definition) is 4. The first-order valence-corrected chi connectivity index (χ1v) is 12.7. The van der Waals surface area contributed by atoms with Gasteiger partial charge in [0.25, 0.3) is 0 Å². The summed E-state index contributed by atoms with van der Waals surface area (Å²) in [6.45, 7) is 0.548. The quantitative estimate of drug-likeness (QED) is 0.454. The highest BCUT2D eigenvalue weighted by molar-refractivity contribution is 9.10. The van der Waals surface area contributed by atoms with E-state index in [1.165, 1.54) is 6.42 Å². The van der Waals surface area contributed by atoms with E-state index in [0.717, 1.165) is 37.7 Å². The number of halogens is 3. The number of hydrogen-bond donors (Lipinski definition) is 1. The molecule has 10 heteroatoms. The van der Waals surface area contributed by atoms with E-state index in [4.69, 9.17) is 23.2 Å². The van der Waals surface area contributed by atoms with Crippen molar-refractivity contribution in [3.63, 3.8) is 0 Å². The van der Waals surface area contributed by atoms with Gasteiger partial charge in [0.1, 0.15) is 11.3 Å². The average molecular weight is 550 g/mol. The van der Waals surface area contributed by atoms with Gasteiger partial charge < -0.3 is 5.32 Å². The molecular weight excluding hydrogens is 527 g/mol. The Labute approximate surface area is 210 Å². The van der Waals surface area contributed by atoms with Crippen LogP contribution in [0.1, 0.15) is 44.1 Å². The minimum atomic E-state index is -0.425. The molecule has 4 saturated carbocycles. The molecule has 33 heavy (non-hydrogen) atoms. The Morgan fingerprint density at radius 3 is 2.52 bits per heavy atom. The van der Waals surface area contributed by atoms with Gasteiger partial charge in [0, 0.05) is 11.2 Å². The molecule has 4 aliphatic rings. The molecular formula is C23H23BrCl2N6O. The van der Waals surface area contributed by atoms with Crippen LogP contribution in [0, 0.1) is 17.3 Å². The predicted octanol–water partition coefficient (Wildman–Crippen LogP) is 5.53. The van der Waals surface area contributed by atoms with Crippen molar-refractivity contribution in [2.24, 2.45) is 17.3 Å². The van der Waals surface area contributed by atoms with E-state index < -0.39 is 5.41 Å². The van der Waals surface area contributed by atoms with Crippen LogP contribution in [0.2, 0.25) is 10.0 Å². The van der Waals surface area contributed by atoms with E-state index >= 15 is 0 Å². The summed E-state index contributed by atoms with van der Waals surface area (Å²) in [7, 11) is 0. The van der Waals surface area contributed by atoms with Crippen LogP contribution in [-0.2, 0) is 16.9 Å². The van der Waals surface area contributed by atoms with Crippen molar-refractivity contribution < 1.29 is 4.79 Å². The molecule has 0 aliphatic heterocycles. The highest BCUT2D eigenvalue weighted by Gasteiger charge is 2.61. The van der Waals surface area contributed by atoms with Gasteiger partial charge in [-0.15, -0.1) is 5.10 Å². The molecule has 2 heterocycles. The second-order valence-electron chi connectivity index (χ2n) is 10.0. The van der Waals surface area contributed by atoms with Crippen molar-refractivity contribution >= 4 is 50.9 Å². The Morgan fingerprint density at radius 1 is 1.12 bits per heavy atom. The monoisotopic (exact) mass is 548 g/mol. The lowest BCUT2D eigenvalue weighted by molar-refractivity contribution is -0.150. The van der Waals surface area contributed by atoms with Crippen LogP contribution in [0.3, 0.4) is 0 Å². The third-order valence-electron chi connectivity index (χ3n) is 7.67. The fraction of sp³-hybridized carbons (Fsp3) is 0.478. The summed E-state index contributed by atoms with van der Waals surface area (Å²) in [6, 6.07) is 7.60. The lowest BCUT2D eigenvalue weighted by atomic mass is 9.46. The largest absolute Gasteiger partial charge is 0.307 e. The van der Waals surface area contributed by atoms with Gasteiger partial charge in [-0.25, -0.2) is 9.67 Å². The summed E-state index contributed by atoms with van der Waals surface area (Å²) in [5.74, 6) is 1.50. The SMILES string of the molecule is O=C(Nc1nn(Cc2ccc(Cl)cc2)cc1Cl)C12CC3CC(C1)CC(n1cnc(Br)n1)(C3)C2. The second kappa shape index (κ2) is 7.82. The molecule has 4 aliphatic carbocycles. The van der Waals surface area contributed by atoms with E-state index in [1.54, 1.807) is 17.2 Å². The third-order valence-corrected chi connectivity index (χ3v) is 8.56. The highest BCUT2D eigenvalue weighted by Crippen LogP contribution is 2.64. The first kappa shape index (κ1) is 21.6. The summed E-state index contributed by atoms with van der Waals surface area (Å²) < 4.78 is 4.34. The minimum Gasteiger partial charge on any atom is -0.307 e. The minimum absolute atomic E-state index is 0.0267. The maximum Gasteiger partial charge on any atom is 0.231 e. The van der Waals surface area contributed by atoms with Crippen LogP contribution in [0.4, 0.5) is 5.82 Å². The van der Waals surface area contributed by atoms with Crippen LogP contribution in [0.15, 0.2) is 41.5 Å². The number of amides is 1. The van der Waals surface area contributed by atoms with E-state index in [1.807, 2.05) is 28.9 Å². The zero-order valence-electron chi connectivity index (χ0n) is 17.8. The Bertz CT molecular complexity index is 1210. The van der Waals surface area contributed by atoms with Gasteiger partial charge in [0.05, 0.1) is 17.5 Å². The van der Waals surface area contributed by atoms with Crippen molar-refractivity contribution in [3.05, 3.63) is 57.1 Å². The summed E-state index contributed by atoms with van der Waals surface area (Å²) in [6.07, 6.45) is 9.47. The zero-order valence-corrected chi connectivity index (χ0v) is 20.9. The molecule has 1 N–H and O–H groups in total. The number of benzene rings is 1. The van der Waals surface area contributed by atoms with Crippen LogP contribution in [0.25, 0.3) is 0 Å². The van der Waals surface area contributed by atoms with Crippen LogP contribution in [-0.4, -0.2) is 30.5 Å². The Kier molecular flexibility index (Phi) is 5.12. The van der Waals surface area contributed by atoms with Gasteiger partial charge in [-0.05, 0) is 84.0 Å². The molecule has 1 amide bonds. The first-order valence-electron chi connectivity index (χ1n) is 11.2. The Hall–Kier alpha value is -1.90. The van der Waals surface area contributed by atoms with E-state index in [-0.39, 0.29) is 11.4 Å². The van der Waals surface area contributed by atoms with Crippen molar-refractivity contribution in [2.45, 2.75) is 50.6 Å². The first-order chi connectivity index (χ1) is 15.8. The standard InChI is InChI=1S/C23H23BrCl2N6O/c24-21-27-13-32(30-21)23-8-15-5-16(9-23)7-22(6-15,12-23)20(33)28-19-18(26)11-31(29-19)10-14-1-3-17(25)4-2-14/h1-4,11,13,15-16H,5-10,12H2,(H,28,29,33). The second-order valence-corrected chi connectivity index (χ2v) is 11.6. The number of carbonyl (C=O) groups excluding carboxylic acids is 1. The molecule has 4 bridgehead atoms. The zero-order chi connectivity index (χ0) is 22.8. The van der Waals surface area contributed by atoms with E-state index in [2.05, 4.69) is 36.4 Å². The molecule has 2 aromatic heterocycles. The lowest BCUT2D eigenvalue weighted by Gasteiger charge is -2.60. The third kappa shape index (κ3) is 3.80. The molecule has 2 unspecified atom stereocenters. The predicted molar refractivity (Wildman–Crippen MR) is 129 cm³/mol. The van der Waals surface area contributed by atoms with Crippen molar-refractivity contribution in [1.29, 1.82) is 0 Å². The van der Waals surface area contributed by atoms with Gasteiger partial charge in [0.15, 0.2) is 5.82 Å². The van der Waals surface area contributed by atoms with Gasteiger partial charge in [0.2, 0.25) is 10.6 Å². The fourth-order valence-electron chi connectivity index (χ4n) is 6.80. The fourth-order valence-corrected chi connectivity index (χ4v) is 7.39. The number of nitrogens with zero attached hydrogens (tertiary/aromatic N) is 5. The van der Waals surface area contributed by atoms with Crippen molar-refractivity contribution in [2.75, 3.05) is 5.32 Å². The molecule has 2 atom stereocenters. The van der Waals surface area contributed by atoms with Gasteiger partial charge in [-0.2, -0.15) is 5.10 Å². The molecule has 0 radical (unpaired) electrons. The van der Waals surface area contributed by atoms with Crippen LogP contribution >= 0.6 is 39.1 Å². The smallest absolute Gasteiger partial charge is 0.231 e. The topological polar surface area (TPSA) is 77.6 Å².